The minimum absolute atomic E-state index is 0.0210. The number of halogens is 5. The van der Waals surface area contributed by atoms with Crippen molar-refractivity contribution in [3.05, 3.63) is 88.8 Å². The second-order valence-electron chi connectivity index (χ2n) is 8.98. The van der Waals surface area contributed by atoms with E-state index in [1.165, 1.54) is 12.1 Å². The lowest BCUT2D eigenvalue weighted by Gasteiger charge is -2.28. The Bertz CT molecular complexity index is 1250. The fraction of sp³-hybridized carbons (Fsp3) is 0.321. The van der Waals surface area contributed by atoms with Gasteiger partial charge in [-0.05, 0) is 105 Å². The molecule has 2 nitrogen and oxygen atoms in total. The van der Waals surface area contributed by atoms with Crippen LogP contribution in [0.15, 0.2) is 48.6 Å². The van der Waals surface area contributed by atoms with Gasteiger partial charge in [0, 0.05) is 5.39 Å². The molecule has 7 heteroatoms. The van der Waals surface area contributed by atoms with Crippen LogP contribution in [0.25, 0.3) is 10.8 Å². The number of hydrogen-bond donors (Lipinski definition) is 0. The van der Waals surface area contributed by atoms with Crippen molar-refractivity contribution in [2.75, 3.05) is 0 Å². The van der Waals surface area contributed by atoms with Crippen LogP contribution in [0.5, 0.6) is 5.75 Å². The molecule has 0 aliphatic heterocycles. The first-order valence-electron chi connectivity index (χ1n) is 11.7. The summed E-state index contributed by atoms with van der Waals surface area (Å²) in [6, 6.07) is 6.44. The average Bonchev–Trinajstić information content (AvgIpc) is 2.82. The fourth-order valence-electron chi connectivity index (χ4n) is 4.81. The number of ether oxygens (including phenoxy) is 1. The number of rotatable bonds is 6. The molecule has 3 aromatic carbocycles. The molecule has 0 saturated heterocycles. The number of benzene rings is 3. The largest absolute Gasteiger partial charge is 0.423 e. The normalized spacial score (nSPS) is 18.3. The van der Waals surface area contributed by atoms with Crippen LogP contribution in [0.4, 0.5) is 22.0 Å². The Labute approximate surface area is 200 Å². The molecule has 1 fully saturated rings. The third kappa shape index (κ3) is 5.39. The monoisotopic (exact) mass is 488 g/mol. The molecule has 1 aliphatic carbocycles. The summed E-state index contributed by atoms with van der Waals surface area (Å²) >= 11 is 0. The van der Waals surface area contributed by atoms with Gasteiger partial charge in [-0.1, -0.05) is 12.2 Å². The SMILES string of the molecule is C/C=C/CCC1CCC(c2cc(F)c(C(=O)Oc3ccc4c(F)c(F)c(F)cc4c3)c(F)c2)CC1. The Morgan fingerprint density at radius 1 is 0.914 bits per heavy atom. The van der Waals surface area contributed by atoms with Gasteiger partial charge >= 0.3 is 5.97 Å². The number of carbonyl (C=O) groups is 1. The summed E-state index contributed by atoms with van der Waals surface area (Å²) < 4.78 is 75.5. The van der Waals surface area contributed by atoms with Gasteiger partial charge in [-0.15, -0.1) is 0 Å². The van der Waals surface area contributed by atoms with E-state index >= 15 is 0 Å². The van der Waals surface area contributed by atoms with Crippen LogP contribution in [0.3, 0.4) is 0 Å². The molecule has 0 bridgehead atoms. The van der Waals surface area contributed by atoms with Gasteiger partial charge in [0.1, 0.15) is 22.9 Å². The van der Waals surface area contributed by atoms with Crippen molar-refractivity contribution < 1.29 is 31.5 Å². The zero-order chi connectivity index (χ0) is 25.1. The Balaban J connectivity index is 1.48. The van der Waals surface area contributed by atoms with Crippen LogP contribution in [0.2, 0.25) is 0 Å². The first-order chi connectivity index (χ1) is 16.8. The lowest BCUT2D eigenvalue weighted by molar-refractivity contribution is 0.0724. The summed E-state index contributed by atoms with van der Waals surface area (Å²) in [6.07, 6.45) is 9.94. The van der Waals surface area contributed by atoms with Crippen LogP contribution in [-0.4, -0.2) is 5.97 Å². The van der Waals surface area contributed by atoms with E-state index in [1.807, 2.05) is 13.0 Å². The van der Waals surface area contributed by atoms with E-state index in [-0.39, 0.29) is 22.4 Å². The highest BCUT2D eigenvalue weighted by molar-refractivity contribution is 5.93. The Morgan fingerprint density at radius 2 is 1.60 bits per heavy atom. The molecular weight excluding hydrogens is 463 g/mol. The molecular formula is C28H25F5O2. The third-order valence-corrected chi connectivity index (χ3v) is 6.72. The molecule has 0 unspecified atom stereocenters. The summed E-state index contributed by atoms with van der Waals surface area (Å²) in [6.45, 7) is 1.99. The maximum atomic E-state index is 14.8. The first-order valence-corrected chi connectivity index (χ1v) is 11.7. The maximum absolute atomic E-state index is 14.8. The molecule has 35 heavy (non-hydrogen) atoms. The molecule has 0 heterocycles. The summed E-state index contributed by atoms with van der Waals surface area (Å²) in [5, 5.41) is -0.286. The van der Waals surface area contributed by atoms with Crippen LogP contribution < -0.4 is 4.74 Å². The highest BCUT2D eigenvalue weighted by Gasteiger charge is 2.26. The number of allylic oxidation sites excluding steroid dienone is 2. The Morgan fingerprint density at radius 3 is 2.26 bits per heavy atom. The topological polar surface area (TPSA) is 26.3 Å². The average molecular weight is 488 g/mol. The highest BCUT2D eigenvalue weighted by Crippen LogP contribution is 2.38. The molecule has 0 atom stereocenters. The van der Waals surface area contributed by atoms with Crippen molar-refractivity contribution >= 4 is 16.7 Å². The van der Waals surface area contributed by atoms with Crippen molar-refractivity contribution in [1.29, 1.82) is 0 Å². The van der Waals surface area contributed by atoms with Gasteiger partial charge in [0.25, 0.3) is 0 Å². The second kappa shape index (κ2) is 10.6. The van der Waals surface area contributed by atoms with Gasteiger partial charge in [-0.3, -0.25) is 0 Å². The van der Waals surface area contributed by atoms with Gasteiger partial charge in [0.2, 0.25) is 0 Å². The maximum Gasteiger partial charge on any atom is 0.349 e. The van der Waals surface area contributed by atoms with Gasteiger partial charge in [-0.25, -0.2) is 26.7 Å². The van der Waals surface area contributed by atoms with Gasteiger partial charge in [0.15, 0.2) is 17.5 Å². The van der Waals surface area contributed by atoms with E-state index in [1.54, 1.807) is 0 Å². The van der Waals surface area contributed by atoms with Gasteiger partial charge < -0.3 is 4.74 Å². The number of esters is 1. The predicted octanol–water partition coefficient (Wildman–Crippen LogP) is 8.38. The van der Waals surface area contributed by atoms with E-state index in [2.05, 4.69) is 6.08 Å². The van der Waals surface area contributed by atoms with E-state index in [4.69, 9.17) is 4.74 Å². The number of hydrogen-bond acceptors (Lipinski definition) is 2. The second-order valence-corrected chi connectivity index (χ2v) is 8.98. The molecule has 3 aromatic rings. The zero-order valence-corrected chi connectivity index (χ0v) is 19.2. The smallest absolute Gasteiger partial charge is 0.349 e. The zero-order valence-electron chi connectivity index (χ0n) is 19.2. The number of carbonyl (C=O) groups excluding carboxylic acids is 1. The fourth-order valence-corrected chi connectivity index (χ4v) is 4.81. The minimum Gasteiger partial charge on any atom is -0.423 e. The van der Waals surface area contributed by atoms with Gasteiger partial charge in [-0.2, -0.15) is 0 Å². The lowest BCUT2D eigenvalue weighted by Crippen LogP contribution is -2.16. The molecule has 0 amide bonds. The van der Waals surface area contributed by atoms with E-state index in [0.717, 1.165) is 62.8 Å². The summed E-state index contributed by atoms with van der Waals surface area (Å²) in [5.41, 5.74) is -0.326. The predicted molar refractivity (Wildman–Crippen MR) is 124 cm³/mol. The van der Waals surface area contributed by atoms with Crippen molar-refractivity contribution in [3.63, 3.8) is 0 Å². The minimum atomic E-state index is -1.62. The van der Waals surface area contributed by atoms with Crippen molar-refractivity contribution in [3.8, 4) is 5.75 Å². The molecule has 1 aliphatic rings. The summed E-state index contributed by atoms with van der Waals surface area (Å²) in [4.78, 5) is 12.5. The molecule has 0 radical (unpaired) electrons. The molecule has 0 aromatic heterocycles. The summed E-state index contributed by atoms with van der Waals surface area (Å²) in [5.74, 6) is -7.29. The van der Waals surface area contributed by atoms with E-state index in [0.29, 0.717) is 11.5 Å². The standard InChI is InChI=1S/C28H25F5O2/c1-2-3-4-5-16-6-8-17(9-7-16)18-13-22(29)25(23(30)14-18)28(34)35-20-10-11-21-19(12-20)15-24(31)27(33)26(21)32/h2-3,10-17H,4-9H2,1H3/b3-2+. The van der Waals surface area contributed by atoms with Crippen molar-refractivity contribution in [2.24, 2.45) is 5.92 Å². The molecule has 0 spiro atoms. The van der Waals surface area contributed by atoms with Crippen molar-refractivity contribution in [1.82, 2.24) is 0 Å². The molecule has 1 saturated carbocycles. The van der Waals surface area contributed by atoms with Crippen molar-refractivity contribution in [2.45, 2.75) is 51.4 Å². The highest BCUT2D eigenvalue weighted by atomic mass is 19.2. The lowest BCUT2D eigenvalue weighted by atomic mass is 9.77. The third-order valence-electron chi connectivity index (χ3n) is 6.72. The molecule has 184 valence electrons. The van der Waals surface area contributed by atoms with Crippen LogP contribution in [0, 0.1) is 35.0 Å². The first kappa shape index (κ1) is 24.9. The Hall–Kier alpha value is -3.22. The van der Waals surface area contributed by atoms with Gasteiger partial charge in [0.05, 0.1) is 0 Å². The number of fused-ring (bicyclic) bond motifs is 1. The quantitative estimate of drug-likeness (QED) is 0.115. The van der Waals surface area contributed by atoms with E-state index < -0.39 is 40.6 Å². The van der Waals surface area contributed by atoms with E-state index in [9.17, 15) is 26.7 Å². The van der Waals surface area contributed by atoms with Crippen LogP contribution in [-0.2, 0) is 0 Å². The Kier molecular flexibility index (Phi) is 7.53. The molecule has 0 N–H and O–H groups in total. The van der Waals surface area contributed by atoms with Crippen LogP contribution in [0.1, 0.15) is 67.3 Å². The molecule has 4 rings (SSSR count). The summed E-state index contributed by atoms with van der Waals surface area (Å²) in [7, 11) is 0. The van der Waals surface area contributed by atoms with Crippen LogP contribution >= 0.6 is 0 Å².